The van der Waals surface area contributed by atoms with Crippen molar-refractivity contribution in [2.24, 2.45) is 0 Å². The first-order chi connectivity index (χ1) is 15.3. The van der Waals surface area contributed by atoms with Gasteiger partial charge in [-0.1, -0.05) is 41.9 Å². The molecule has 0 aliphatic carbocycles. The SMILES string of the molecule is COCCCn1c(C)cc(C(=O)COC(=O)c2c(C)nn(Cc3ccccc3)c2Cl)c1C. The molecule has 170 valence electrons. The lowest BCUT2D eigenvalue weighted by atomic mass is 10.1. The molecule has 32 heavy (non-hydrogen) atoms. The van der Waals surface area contributed by atoms with Crippen molar-refractivity contribution in [3.63, 3.8) is 0 Å². The number of methoxy groups -OCH3 is 1. The van der Waals surface area contributed by atoms with Gasteiger partial charge in [-0.05, 0) is 38.8 Å². The van der Waals surface area contributed by atoms with Crippen LogP contribution in [-0.4, -0.2) is 46.4 Å². The summed E-state index contributed by atoms with van der Waals surface area (Å²) >= 11 is 6.42. The highest BCUT2D eigenvalue weighted by molar-refractivity contribution is 6.32. The lowest BCUT2D eigenvalue weighted by Crippen LogP contribution is -2.16. The Morgan fingerprint density at radius 1 is 1.12 bits per heavy atom. The number of ketones is 1. The van der Waals surface area contributed by atoms with Crippen LogP contribution in [0.25, 0.3) is 0 Å². The normalized spacial score (nSPS) is 11.0. The number of hydrogen-bond donors (Lipinski definition) is 0. The van der Waals surface area contributed by atoms with E-state index in [1.54, 1.807) is 18.7 Å². The Morgan fingerprint density at radius 2 is 1.84 bits per heavy atom. The van der Waals surface area contributed by atoms with Crippen molar-refractivity contribution >= 4 is 23.4 Å². The Balaban J connectivity index is 1.67. The summed E-state index contributed by atoms with van der Waals surface area (Å²) in [6.07, 6.45) is 0.847. The second-order valence-electron chi connectivity index (χ2n) is 7.68. The van der Waals surface area contributed by atoms with Crippen molar-refractivity contribution in [3.8, 4) is 0 Å². The predicted octanol–water partition coefficient (Wildman–Crippen LogP) is 4.39. The number of benzene rings is 1. The molecule has 7 nitrogen and oxygen atoms in total. The molecule has 0 aliphatic rings. The van der Waals surface area contributed by atoms with E-state index in [1.165, 1.54) is 0 Å². The quantitative estimate of drug-likeness (QED) is 0.256. The first kappa shape index (κ1) is 23.8. The fraction of sp³-hybridized carbons (Fsp3) is 0.375. The van der Waals surface area contributed by atoms with Crippen LogP contribution in [-0.2, 0) is 22.6 Å². The Bertz CT molecular complexity index is 1100. The molecule has 8 heteroatoms. The van der Waals surface area contributed by atoms with Crippen molar-refractivity contribution in [1.82, 2.24) is 14.3 Å². The van der Waals surface area contributed by atoms with Crippen LogP contribution in [0.15, 0.2) is 36.4 Å². The number of carbonyl (C=O) groups excluding carboxylic acids is 2. The molecule has 0 fully saturated rings. The van der Waals surface area contributed by atoms with Crippen LogP contribution >= 0.6 is 11.6 Å². The summed E-state index contributed by atoms with van der Waals surface area (Å²) in [6, 6.07) is 11.5. The van der Waals surface area contributed by atoms with E-state index in [2.05, 4.69) is 9.67 Å². The van der Waals surface area contributed by atoms with Gasteiger partial charge in [0.25, 0.3) is 0 Å². The molecular formula is C24H28ClN3O4. The number of aryl methyl sites for hydroxylation is 2. The van der Waals surface area contributed by atoms with Crippen molar-refractivity contribution in [2.75, 3.05) is 20.3 Å². The van der Waals surface area contributed by atoms with E-state index in [1.807, 2.05) is 50.2 Å². The van der Waals surface area contributed by atoms with E-state index in [9.17, 15) is 9.59 Å². The van der Waals surface area contributed by atoms with Crippen LogP contribution in [0.5, 0.6) is 0 Å². The number of halogens is 1. The fourth-order valence-corrected chi connectivity index (χ4v) is 4.03. The predicted molar refractivity (Wildman–Crippen MR) is 123 cm³/mol. The van der Waals surface area contributed by atoms with Crippen LogP contribution in [0.4, 0.5) is 0 Å². The van der Waals surface area contributed by atoms with Gasteiger partial charge in [-0.25, -0.2) is 9.48 Å². The van der Waals surface area contributed by atoms with Gasteiger partial charge in [0.05, 0.1) is 12.2 Å². The van der Waals surface area contributed by atoms with Crippen molar-refractivity contribution in [1.29, 1.82) is 0 Å². The van der Waals surface area contributed by atoms with Crippen molar-refractivity contribution in [3.05, 3.63) is 75.3 Å². The van der Waals surface area contributed by atoms with E-state index in [-0.39, 0.29) is 23.1 Å². The molecule has 0 saturated heterocycles. The summed E-state index contributed by atoms with van der Waals surface area (Å²) in [5, 5.41) is 4.56. The zero-order valence-corrected chi connectivity index (χ0v) is 19.6. The highest BCUT2D eigenvalue weighted by Gasteiger charge is 2.24. The van der Waals surface area contributed by atoms with Gasteiger partial charge in [-0.2, -0.15) is 5.10 Å². The second-order valence-corrected chi connectivity index (χ2v) is 8.03. The summed E-state index contributed by atoms with van der Waals surface area (Å²) in [6.45, 7) is 7.02. The van der Waals surface area contributed by atoms with E-state index in [0.717, 1.165) is 29.9 Å². The lowest BCUT2D eigenvalue weighted by molar-refractivity contribution is 0.0474. The molecule has 0 radical (unpaired) electrons. The third-order valence-corrected chi connectivity index (χ3v) is 5.77. The zero-order chi connectivity index (χ0) is 23.3. The van der Waals surface area contributed by atoms with Gasteiger partial charge < -0.3 is 14.0 Å². The molecule has 0 saturated carbocycles. The molecule has 0 N–H and O–H groups in total. The highest BCUT2D eigenvalue weighted by atomic mass is 35.5. The third kappa shape index (κ3) is 5.29. The minimum Gasteiger partial charge on any atom is -0.454 e. The van der Waals surface area contributed by atoms with Crippen LogP contribution < -0.4 is 0 Å². The average Bonchev–Trinajstić information content (AvgIpc) is 3.21. The highest BCUT2D eigenvalue weighted by Crippen LogP contribution is 2.22. The molecule has 0 bridgehead atoms. The standard InChI is InChI=1S/C24H28ClN3O4/c1-16-13-20(18(3)27(16)11-8-12-31-4)21(29)15-32-24(30)22-17(2)26-28(23(22)25)14-19-9-6-5-7-10-19/h5-7,9-10,13H,8,11-12,14-15H2,1-4H3. The number of rotatable bonds is 10. The van der Waals surface area contributed by atoms with Crippen LogP contribution in [0.1, 0.15) is 49.8 Å². The lowest BCUT2D eigenvalue weighted by Gasteiger charge is -2.09. The van der Waals surface area contributed by atoms with E-state index >= 15 is 0 Å². The first-order valence-electron chi connectivity index (χ1n) is 10.5. The van der Waals surface area contributed by atoms with Gasteiger partial charge in [0.15, 0.2) is 6.61 Å². The number of carbonyl (C=O) groups is 2. The molecule has 0 unspecified atom stereocenters. The molecule has 3 rings (SSSR count). The molecule has 0 amide bonds. The number of esters is 1. The van der Waals surface area contributed by atoms with Crippen LogP contribution in [0, 0.1) is 20.8 Å². The average molecular weight is 458 g/mol. The summed E-state index contributed by atoms with van der Waals surface area (Å²) < 4.78 is 14.0. The second kappa shape index (κ2) is 10.6. The zero-order valence-electron chi connectivity index (χ0n) is 18.9. The summed E-state index contributed by atoms with van der Waals surface area (Å²) in [5.41, 5.74) is 4.03. The number of Topliss-reactive ketones (excluding diaryl/α,β-unsaturated/α-hetero) is 1. The number of aromatic nitrogens is 3. The minimum absolute atomic E-state index is 0.181. The molecule has 3 aromatic rings. The van der Waals surface area contributed by atoms with Gasteiger partial charge in [0.2, 0.25) is 5.78 Å². The summed E-state index contributed by atoms with van der Waals surface area (Å²) in [7, 11) is 1.66. The number of nitrogens with zero attached hydrogens (tertiary/aromatic N) is 3. The summed E-state index contributed by atoms with van der Waals surface area (Å²) in [5.74, 6) is -0.913. The maximum Gasteiger partial charge on any atom is 0.343 e. The minimum atomic E-state index is -0.658. The van der Waals surface area contributed by atoms with Crippen molar-refractivity contribution < 1.29 is 19.1 Å². The maximum atomic E-state index is 12.7. The topological polar surface area (TPSA) is 75.3 Å². The van der Waals surface area contributed by atoms with Crippen LogP contribution in [0.3, 0.4) is 0 Å². The first-order valence-corrected chi connectivity index (χ1v) is 10.8. The molecule has 2 heterocycles. The van der Waals surface area contributed by atoms with Gasteiger partial charge in [0, 0.05) is 37.2 Å². The van der Waals surface area contributed by atoms with E-state index in [0.29, 0.717) is 24.4 Å². The molecule has 1 aromatic carbocycles. The fourth-order valence-electron chi connectivity index (χ4n) is 3.72. The Morgan fingerprint density at radius 3 is 2.53 bits per heavy atom. The van der Waals surface area contributed by atoms with E-state index in [4.69, 9.17) is 21.1 Å². The Hall–Kier alpha value is -2.90. The maximum absolute atomic E-state index is 12.7. The van der Waals surface area contributed by atoms with Gasteiger partial charge in [0.1, 0.15) is 10.7 Å². The monoisotopic (exact) mass is 457 g/mol. The van der Waals surface area contributed by atoms with Crippen molar-refractivity contribution in [2.45, 2.75) is 40.3 Å². The smallest absolute Gasteiger partial charge is 0.343 e. The van der Waals surface area contributed by atoms with Gasteiger partial charge in [-0.15, -0.1) is 0 Å². The summed E-state index contributed by atoms with van der Waals surface area (Å²) in [4.78, 5) is 25.4. The molecule has 0 spiro atoms. The Kier molecular flexibility index (Phi) is 7.88. The van der Waals surface area contributed by atoms with Gasteiger partial charge >= 0.3 is 5.97 Å². The number of hydrogen-bond acceptors (Lipinski definition) is 5. The molecule has 2 aromatic heterocycles. The largest absolute Gasteiger partial charge is 0.454 e. The van der Waals surface area contributed by atoms with Crippen LogP contribution in [0.2, 0.25) is 5.15 Å². The Labute approximate surface area is 192 Å². The van der Waals surface area contributed by atoms with E-state index < -0.39 is 5.97 Å². The molecular weight excluding hydrogens is 430 g/mol. The number of ether oxygens (including phenoxy) is 2. The van der Waals surface area contributed by atoms with Gasteiger partial charge in [-0.3, -0.25) is 4.79 Å². The third-order valence-electron chi connectivity index (χ3n) is 5.38. The molecule has 0 atom stereocenters. The molecule has 0 aliphatic heterocycles.